The molecule has 0 aliphatic rings. The van der Waals surface area contributed by atoms with Crippen LogP contribution in [0.5, 0.6) is 0 Å². The van der Waals surface area contributed by atoms with Crippen LogP contribution >= 0.6 is 8.25 Å². The summed E-state index contributed by atoms with van der Waals surface area (Å²) in [6, 6.07) is 25.9. The molecule has 4 aromatic rings. The van der Waals surface area contributed by atoms with Crippen LogP contribution in [0.4, 0.5) is 0 Å². The van der Waals surface area contributed by atoms with Crippen LogP contribution < -0.4 is 0 Å². The molecular weight excluding hydrogens is 383 g/mol. The number of hydrogen-bond acceptors (Lipinski definition) is 3. The van der Waals surface area contributed by atoms with Crippen LogP contribution in [0.25, 0.3) is 21.5 Å². The van der Waals surface area contributed by atoms with Crippen molar-refractivity contribution in [2.24, 2.45) is 0 Å². The molecule has 136 valence electrons. The maximum atomic E-state index is 13.3. The highest BCUT2D eigenvalue weighted by Gasteiger charge is 2.22. The Bertz CT molecular complexity index is 1140. The lowest BCUT2D eigenvalue weighted by atomic mass is 10.1. The van der Waals surface area contributed by atoms with Crippen molar-refractivity contribution >= 4 is 39.6 Å². The molecule has 0 unspecified atom stereocenters. The van der Waals surface area contributed by atoms with Gasteiger partial charge in [0.05, 0.1) is 9.79 Å². The van der Waals surface area contributed by atoms with Crippen molar-refractivity contribution < 1.29 is 22.8 Å². The molecule has 4 aromatic carbocycles. The molecular formula is C20H16O5PS+. The summed E-state index contributed by atoms with van der Waals surface area (Å²) in [5.41, 5.74) is 0. The SMILES string of the molecule is O=S(=O)(c1cccc2ccccc12)c1cccc2ccccc12.O=[P+](O)O. The minimum atomic E-state index is -3.59. The highest BCUT2D eigenvalue weighted by atomic mass is 32.2. The maximum absolute atomic E-state index is 13.3. The zero-order chi connectivity index (χ0) is 19.4. The van der Waals surface area contributed by atoms with Crippen LogP contribution in [-0.4, -0.2) is 18.2 Å². The zero-order valence-corrected chi connectivity index (χ0v) is 15.8. The molecule has 0 spiro atoms. The summed E-state index contributed by atoms with van der Waals surface area (Å²) >= 11 is 0. The van der Waals surface area contributed by atoms with Crippen molar-refractivity contribution in [1.29, 1.82) is 0 Å². The van der Waals surface area contributed by atoms with Gasteiger partial charge in [0, 0.05) is 15.3 Å². The van der Waals surface area contributed by atoms with Gasteiger partial charge in [-0.2, -0.15) is 0 Å². The van der Waals surface area contributed by atoms with Crippen LogP contribution in [0.15, 0.2) is 94.7 Å². The summed E-state index contributed by atoms with van der Waals surface area (Å²) in [7, 11) is -6.46. The Morgan fingerprint density at radius 3 is 1.33 bits per heavy atom. The molecule has 0 aliphatic carbocycles. The Kier molecular flexibility index (Phi) is 5.63. The summed E-state index contributed by atoms with van der Waals surface area (Å²) in [4.78, 5) is 14.9. The van der Waals surface area contributed by atoms with Crippen molar-refractivity contribution in [2.45, 2.75) is 9.79 Å². The van der Waals surface area contributed by atoms with E-state index in [2.05, 4.69) is 0 Å². The minimum Gasteiger partial charge on any atom is -0.218 e. The minimum absolute atomic E-state index is 0.354. The first-order valence-electron chi connectivity index (χ1n) is 7.97. The maximum Gasteiger partial charge on any atom is 0.692 e. The number of hydrogen-bond donors (Lipinski definition) is 2. The number of sulfone groups is 1. The fourth-order valence-corrected chi connectivity index (χ4v) is 4.68. The van der Waals surface area contributed by atoms with Crippen molar-refractivity contribution in [2.75, 3.05) is 0 Å². The monoisotopic (exact) mass is 399 g/mol. The summed E-state index contributed by atoms with van der Waals surface area (Å²) in [5, 5.41) is 3.36. The first-order chi connectivity index (χ1) is 12.9. The van der Waals surface area contributed by atoms with Gasteiger partial charge < -0.3 is 0 Å². The van der Waals surface area contributed by atoms with E-state index in [1.165, 1.54) is 0 Å². The average Bonchev–Trinajstić information content (AvgIpc) is 2.66. The smallest absolute Gasteiger partial charge is 0.218 e. The summed E-state index contributed by atoms with van der Waals surface area (Å²) in [6.45, 7) is 0. The highest BCUT2D eigenvalue weighted by Crippen LogP contribution is 2.32. The number of rotatable bonds is 2. The predicted octanol–water partition coefficient (Wildman–Crippen LogP) is 4.45. The standard InChI is InChI=1S/C20H14O2S.HO3P/c21-23(22,19-13-5-9-15-7-1-3-11-17(15)19)20-14-6-10-16-8-2-4-12-18(16)20;1-4(2)3/h1-14H;(H-,1,2,3)/p+1. The summed E-state index contributed by atoms with van der Waals surface area (Å²) in [6.07, 6.45) is 0. The Labute approximate surface area is 157 Å². The average molecular weight is 399 g/mol. The van der Waals surface area contributed by atoms with Gasteiger partial charge in [0.2, 0.25) is 9.84 Å². The Morgan fingerprint density at radius 2 is 0.926 bits per heavy atom. The third-order valence-electron chi connectivity index (χ3n) is 4.08. The van der Waals surface area contributed by atoms with Gasteiger partial charge in [-0.05, 0) is 22.9 Å². The van der Waals surface area contributed by atoms with E-state index in [0.717, 1.165) is 21.5 Å². The molecule has 0 heterocycles. The molecule has 0 atom stereocenters. The molecule has 0 saturated carbocycles. The van der Waals surface area contributed by atoms with Gasteiger partial charge in [0.1, 0.15) is 0 Å². The number of fused-ring (bicyclic) bond motifs is 2. The van der Waals surface area contributed by atoms with E-state index in [1.807, 2.05) is 60.7 Å². The van der Waals surface area contributed by atoms with Crippen LogP contribution in [-0.2, 0) is 14.4 Å². The third-order valence-corrected chi connectivity index (χ3v) is 5.95. The zero-order valence-electron chi connectivity index (χ0n) is 14.1. The van der Waals surface area contributed by atoms with E-state index in [9.17, 15) is 8.42 Å². The van der Waals surface area contributed by atoms with Crippen molar-refractivity contribution in [3.63, 3.8) is 0 Å². The van der Waals surface area contributed by atoms with Crippen LogP contribution in [0.3, 0.4) is 0 Å². The third kappa shape index (κ3) is 4.04. The van der Waals surface area contributed by atoms with E-state index in [1.54, 1.807) is 24.3 Å². The lowest BCUT2D eigenvalue weighted by Crippen LogP contribution is -2.03. The van der Waals surface area contributed by atoms with Gasteiger partial charge in [-0.25, -0.2) is 8.42 Å². The largest absolute Gasteiger partial charge is 0.692 e. The second-order valence-corrected chi connectivity index (χ2v) is 8.10. The van der Waals surface area contributed by atoms with E-state index in [0.29, 0.717) is 9.79 Å². The molecule has 2 N–H and O–H groups in total. The van der Waals surface area contributed by atoms with E-state index < -0.39 is 18.1 Å². The van der Waals surface area contributed by atoms with Crippen LogP contribution in [0.2, 0.25) is 0 Å². The van der Waals surface area contributed by atoms with E-state index in [4.69, 9.17) is 14.4 Å². The molecule has 0 fully saturated rings. The van der Waals surface area contributed by atoms with Gasteiger partial charge in [-0.1, -0.05) is 72.8 Å². The van der Waals surface area contributed by atoms with Crippen molar-refractivity contribution in [1.82, 2.24) is 0 Å². The molecule has 0 radical (unpaired) electrons. The molecule has 27 heavy (non-hydrogen) atoms. The molecule has 4 rings (SSSR count). The van der Waals surface area contributed by atoms with Gasteiger partial charge in [0.15, 0.2) is 0 Å². The molecule has 0 aliphatic heterocycles. The Balaban J connectivity index is 0.000000481. The Hall–Kier alpha value is -2.63. The fraction of sp³-hybridized carbons (Fsp3) is 0. The van der Waals surface area contributed by atoms with Crippen molar-refractivity contribution in [3.05, 3.63) is 84.9 Å². The number of benzene rings is 4. The van der Waals surface area contributed by atoms with Crippen LogP contribution in [0, 0.1) is 0 Å². The first kappa shape index (κ1) is 19.1. The quantitative estimate of drug-likeness (QED) is 0.486. The van der Waals surface area contributed by atoms with Gasteiger partial charge in [-0.3, -0.25) is 0 Å². The van der Waals surface area contributed by atoms with Crippen molar-refractivity contribution in [3.8, 4) is 0 Å². The normalized spacial score (nSPS) is 11.0. The second-order valence-electron chi connectivity index (χ2n) is 5.71. The topological polar surface area (TPSA) is 91.7 Å². The molecule has 0 aromatic heterocycles. The van der Waals surface area contributed by atoms with E-state index in [-0.39, 0.29) is 0 Å². The van der Waals surface area contributed by atoms with Gasteiger partial charge in [-0.15, -0.1) is 9.79 Å². The van der Waals surface area contributed by atoms with Gasteiger partial charge in [0.25, 0.3) is 0 Å². The van der Waals surface area contributed by atoms with E-state index >= 15 is 0 Å². The predicted molar refractivity (Wildman–Crippen MR) is 105 cm³/mol. The highest BCUT2D eigenvalue weighted by molar-refractivity contribution is 7.92. The lowest BCUT2D eigenvalue weighted by molar-refractivity contribution is 0.405. The molecule has 0 amide bonds. The first-order valence-corrected chi connectivity index (χ1v) is 10.6. The molecule has 7 heteroatoms. The second kappa shape index (κ2) is 7.94. The molecule has 0 bridgehead atoms. The Morgan fingerprint density at radius 1 is 0.593 bits per heavy atom. The lowest BCUT2D eigenvalue weighted by Gasteiger charge is -2.10. The fourth-order valence-electron chi connectivity index (χ4n) is 2.98. The summed E-state index contributed by atoms with van der Waals surface area (Å²) in [5.74, 6) is 0. The summed E-state index contributed by atoms with van der Waals surface area (Å²) < 4.78 is 35.2. The van der Waals surface area contributed by atoms with Gasteiger partial charge >= 0.3 is 8.25 Å². The molecule has 0 saturated heterocycles. The van der Waals surface area contributed by atoms with Crippen LogP contribution in [0.1, 0.15) is 0 Å². The molecule has 5 nitrogen and oxygen atoms in total.